The Hall–Kier alpha value is -1.67. The first-order valence-electron chi connectivity index (χ1n) is 9.21. The molecule has 2 heterocycles. The number of nitrogens with zero attached hydrogens (tertiary/aromatic N) is 2. The van der Waals surface area contributed by atoms with Crippen molar-refractivity contribution in [2.45, 2.75) is 77.7 Å². The third-order valence-corrected chi connectivity index (χ3v) is 5.20. The predicted molar refractivity (Wildman–Crippen MR) is 104 cm³/mol. The smallest absolute Gasteiger partial charge is 0.338 e. The summed E-state index contributed by atoms with van der Waals surface area (Å²) in [6.45, 7) is 9.82. The van der Waals surface area contributed by atoms with Gasteiger partial charge < -0.3 is 19.1 Å². The highest BCUT2D eigenvalue weighted by molar-refractivity contribution is 7.15. The normalized spacial score (nSPS) is 17.9. The molecule has 1 aliphatic rings. The molecule has 0 aliphatic carbocycles. The molecule has 1 aromatic heterocycles. The van der Waals surface area contributed by atoms with Crippen LogP contribution in [-0.4, -0.2) is 48.0 Å². The van der Waals surface area contributed by atoms with E-state index in [2.05, 4.69) is 14.6 Å². The molecule has 0 unspecified atom stereocenters. The summed E-state index contributed by atoms with van der Waals surface area (Å²) in [7, 11) is 1.39. The van der Waals surface area contributed by atoms with E-state index in [0.717, 1.165) is 29.4 Å². The van der Waals surface area contributed by atoms with Crippen molar-refractivity contribution in [3.8, 4) is 0 Å². The molecule has 27 heavy (non-hydrogen) atoms. The first-order valence-corrected chi connectivity index (χ1v) is 10.0. The van der Waals surface area contributed by atoms with Crippen LogP contribution in [0.15, 0.2) is 6.20 Å². The number of carbonyl (C=O) groups excluding carboxylic acids is 2. The van der Waals surface area contributed by atoms with Crippen molar-refractivity contribution in [2.75, 3.05) is 18.6 Å². The summed E-state index contributed by atoms with van der Waals surface area (Å²) >= 11 is 1.54. The summed E-state index contributed by atoms with van der Waals surface area (Å²) < 4.78 is 16.3. The minimum absolute atomic E-state index is 0.230. The van der Waals surface area contributed by atoms with Crippen LogP contribution in [0.4, 0.5) is 5.13 Å². The van der Waals surface area contributed by atoms with Gasteiger partial charge >= 0.3 is 11.9 Å². The maximum atomic E-state index is 12.5. The number of anilines is 1. The van der Waals surface area contributed by atoms with Crippen LogP contribution in [0.25, 0.3) is 0 Å². The van der Waals surface area contributed by atoms with Crippen LogP contribution in [0.2, 0.25) is 0 Å². The van der Waals surface area contributed by atoms with Crippen molar-refractivity contribution in [3.05, 3.63) is 11.1 Å². The van der Waals surface area contributed by atoms with Gasteiger partial charge in [0.15, 0.2) is 10.7 Å². The molecule has 0 saturated carbocycles. The zero-order valence-corrected chi connectivity index (χ0v) is 17.9. The molecule has 1 fully saturated rings. The van der Waals surface area contributed by atoms with Gasteiger partial charge in [-0.2, -0.15) is 0 Å². The lowest BCUT2D eigenvalue weighted by atomic mass is 10.1. The van der Waals surface area contributed by atoms with Crippen LogP contribution < -0.4 is 4.90 Å². The summed E-state index contributed by atoms with van der Waals surface area (Å²) in [5, 5.41) is 0.845. The van der Waals surface area contributed by atoms with E-state index in [1.165, 1.54) is 7.11 Å². The van der Waals surface area contributed by atoms with Gasteiger partial charge in [0, 0.05) is 17.6 Å². The van der Waals surface area contributed by atoms with Crippen molar-refractivity contribution in [3.63, 3.8) is 0 Å². The third-order valence-electron chi connectivity index (χ3n) is 4.11. The molecule has 1 aromatic rings. The molecule has 0 spiro atoms. The number of carbonyl (C=O) groups is 2. The van der Waals surface area contributed by atoms with Crippen LogP contribution in [-0.2, 0) is 30.2 Å². The maximum Gasteiger partial charge on any atom is 0.338 e. The van der Waals surface area contributed by atoms with Crippen molar-refractivity contribution in [2.24, 2.45) is 0 Å². The number of thiazole rings is 1. The molecule has 0 N–H and O–H groups in total. The number of esters is 2. The lowest BCUT2D eigenvalue weighted by Crippen LogP contribution is -2.46. The second-order valence-corrected chi connectivity index (χ2v) is 9.20. The van der Waals surface area contributed by atoms with E-state index >= 15 is 0 Å². The second kappa shape index (κ2) is 8.56. The zero-order valence-electron chi connectivity index (χ0n) is 17.0. The molecule has 0 amide bonds. The van der Waals surface area contributed by atoms with E-state index in [9.17, 15) is 9.59 Å². The number of ether oxygens (including phenoxy) is 3. The lowest BCUT2D eigenvalue weighted by Gasteiger charge is -2.33. The zero-order chi connectivity index (χ0) is 20.2. The van der Waals surface area contributed by atoms with Crippen LogP contribution >= 0.6 is 11.3 Å². The van der Waals surface area contributed by atoms with E-state index in [4.69, 9.17) is 9.47 Å². The number of aromatic nitrogens is 1. The Balaban J connectivity index is 2.01. The fourth-order valence-electron chi connectivity index (χ4n) is 2.74. The maximum absolute atomic E-state index is 12.5. The quantitative estimate of drug-likeness (QED) is 0.652. The van der Waals surface area contributed by atoms with E-state index in [1.54, 1.807) is 31.4 Å². The van der Waals surface area contributed by atoms with Crippen molar-refractivity contribution in [1.82, 2.24) is 4.98 Å². The van der Waals surface area contributed by atoms with Gasteiger partial charge in [-0.05, 0) is 53.9 Å². The van der Waals surface area contributed by atoms with Gasteiger partial charge in [0.05, 0.1) is 13.5 Å². The SMILES string of the molecule is COC(=O)CCc1cnc(N2CCC[C@@H]2OC(C)(C)C(=O)OC(C)(C)C)s1. The van der Waals surface area contributed by atoms with E-state index in [-0.39, 0.29) is 18.2 Å². The largest absolute Gasteiger partial charge is 0.469 e. The monoisotopic (exact) mass is 398 g/mol. The van der Waals surface area contributed by atoms with Crippen LogP contribution in [0.5, 0.6) is 0 Å². The lowest BCUT2D eigenvalue weighted by molar-refractivity contribution is -0.185. The van der Waals surface area contributed by atoms with Gasteiger partial charge in [-0.15, -0.1) is 11.3 Å². The summed E-state index contributed by atoms with van der Waals surface area (Å²) in [5.41, 5.74) is -1.61. The number of hydrogen-bond acceptors (Lipinski definition) is 8. The third kappa shape index (κ3) is 6.17. The molecular weight excluding hydrogens is 368 g/mol. The number of methoxy groups -OCH3 is 1. The highest BCUT2D eigenvalue weighted by Crippen LogP contribution is 2.33. The fourth-order valence-corrected chi connectivity index (χ4v) is 3.72. The average Bonchev–Trinajstić information content (AvgIpc) is 3.19. The van der Waals surface area contributed by atoms with Crippen LogP contribution in [0.3, 0.4) is 0 Å². The molecule has 8 heteroatoms. The highest BCUT2D eigenvalue weighted by Gasteiger charge is 2.39. The number of aryl methyl sites for hydroxylation is 1. The topological polar surface area (TPSA) is 78.0 Å². The molecule has 152 valence electrons. The van der Waals surface area contributed by atoms with Gasteiger partial charge in [0.1, 0.15) is 11.8 Å². The molecule has 1 atom stereocenters. The summed E-state index contributed by atoms with van der Waals surface area (Å²) in [5.74, 6) is -0.605. The minimum Gasteiger partial charge on any atom is -0.469 e. The Kier molecular flexibility index (Phi) is 6.86. The van der Waals surface area contributed by atoms with Gasteiger partial charge in [0.25, 0.3) is 0 Å². The molecule has 0 bridgehead atoms. The van der Waals surface area contributed by atoms with E-state index in [0.29, 0.717) is 12.8 Å². The van der Waals surface area contributed by atoms with Crippen LogP contribution in [0.1, 0.15) is 58.8 Å². The highest BCUT2D eigenvalue weighted by atomic mass is 32.1. The van der Waals surface area contributed by atoms with Gasteiger partial charge in [0.2, 0.25) is 0 Å². The Morgan fingerprint density at radius 3 is 2.63 bits per heavy atom. The molecule has 7 nitrogen and oxygen atoms in total. The van der Waals surface area contributed by atoms with Crippen LogP contribution in [0, 0.1) is 0 Å². The van der Waals surface area contributed by atoms with Crippen molar-refractivity contribution < 1.29 is 23.8 Å². The van der Waals surface area contributed by atoms with Gasteiger partial charge in [-0.1, -0.05) is 0 Å². The van der Waals surface area contributed by atoms with Gasteiger partial charge in [-0.25, -0.2) is 9.78 Å². The average molecular weight is 399 g/mol. The Bertz CT molecular complexity index is 665. The minimum atomic E-state index is -1.05. The number of hydrogen-bond donors (Lipinski definition) is 0. The second-order valence-electron chi connectivity index (χ2n) is 8.11. The first-order chi connectivity index (χ1) is 12.5. The van der Waals surface area contributed by atoms with Gasteiger partial charge in [-0.3, -0.25) is 4.79 Å². The Morgan fingerprint density at radius 2 is 2.00 bits per heavy atom. The summed E-state index contributed by atoms with van der Waals surface area (Å²) in [6.07, 6.45) is 4.29. The molecule has 2 rings (SSSR count). The van der Waals surface area contributed by atoms with Crippen molar-refractivity contribution >= 4 is 28.4 Å². The molecular formula is C19H30N2O5S. The Morgan fingerprint density at radius 1 is 1.30 bits per heavy atom. The van der Waals surface area contributed by atoms with Crippen molar-refractivity contribution in [1.29, 1.82) is 0 Å². The fraction of sp³-hybridized carbons (Fsp3) is 0.737. The molecule has 0 aromatic carbocycles. The Labute approximate surface area is 165 Å². The summed E-state index contributed by atoms with van der Waals surface area (Å²) in [4.78, 5) is 31.4. The predicted octanol–water partition coefficient (Wildman–Crippen LogP) is 3.31. The van der Waals surface area contributed by atoms with E-state index < -0.39 is 11.2 Å². The molecule has 0 radical (unpaired) electrons. The molecule has 1 aliphatic heterocycles. The molecule has 1 saturated heterocycles. The number of rotatable bonds is 7. The summed E-state index contributed by atoms with van der Waals surface area (Å²) in [6, 6.07) is 0. The van der Waals surface area contributed by atoms with E-state index in [1.807, 2.05) is 20.8 Å². The standard InChI is InChI=1S/C19H30N2O5S/c1-18(2,3)26-16(23)19(4,5)25-14-8-7-11-21(14)17-20-12-13(27-17)9-10-15(22)24-6/h12,14H,7-11H2,1-6H3/t14-/m0/s1. The first kappa shape index (κ1) is 21.6.